The second-order valence-corrected chi connectivity index (χ2v) is 5.04. The molecule has 2 heterocycles. The predicted molar refractivity (Wildman–Crippen MR) is 54.0 cm³/mol. The number of hydrogen-bond donors (Lipinski definition) is 2. The lowest BCUT2D eigenvalue weighted by Gasteiger charge is -2.20. The molecule has 0 aromatic rings. The summed E-state index contributed by atoms with van der Waals surface area (Å²) in [6, 6.07) is 0. The van der Waals surface area contributed by atoms with Gasteiger partial charge in [0.25, 0.3) is 10.1 Å². The van der Waals surface area contributed by atoms with Crippen LogP contribution in [0.5, 0.6) is 0 Å². The van der Waals surface area contributed by atoms with Crippen LogP contribution in [0.3, 0.4) is 0 Å². The molecular formula is C7H8N2O3S2. The van der Waals surface area contributed by atoms with Crippen molar-refractivity contribution < 1.29 is 13.0 Å². The molecule has 2 N–H and O–H groups in total. The molecule has 0 spiro atoms. The van der Waals surface area contributed by atoms with Gasteiger partial charge in [0.1, 0.15) is 4.91 Å². The summed E-state index contributed by atoms with van der Waals surface area (Å²) in [5.74, 6) is 0. The topological polar surface area (TPSA) is 69.6 Å². The van der Waals surface area contributed by atoms with Crippen LogP contribution < -0.4 is 4.72 Å². The number of nitrogens with one attached hydrogen (secondary N) is 1. The Balaban J connectivity index is 2.60. The van der Waals surface area contributed by atoms with Crippen LogP contribution in [0.1, 0.15) is 6.92 Å². The Morgan fingerprint density at radius 3 is 2.93 bits per heavy atom. The molecule has 2 aliphatic heterocycles. The van der Waals surface area contributed by atoms with Crippen molar-refractivity contribution in [2.45, 2.75) is 6.92 Å². The van der Waals surface area contributed by atoms with Crippen molar-refractivity contribution in [3.63, 3.8) is 0 Å². The number of hydrogen-bond acceptors (Lipinski definition) is 5. The third-order valence-electron chi connectivity index (χ3n) is 1.89. The van der Waals surface area contributed by atoms with Gasteiger partial charge in [-0.15, -0.1) is 0 Å². The number of fused-ring (bicyclic) bond motifs is 1. The van der Waals surface area contributed by atoms with E-state index in [-0.39, 0.29) is 4.91 Å². The molecule has 7 heteroatoms. The van der Waals surface area contributed by atoms with E-state index in [0.29, 0.717) is 11.3 Å². The van der Waals surface area contributed by atoms with E-state index in [2.05, 4.69) is 4.72 Å². The fourth-order valence-electron chi connectivity index (χ4n) is 1.32. The number of allylic oxidation sites excluding steroid dienone is 2. The minimum absolute atomic E-state index is 0.0440. The van der Waals surface area contributed by atoms with Gasteiger partial charge in [0.15, 0.2) is 0 Å². The summed E-state index contributed by atoms with van der Waals surface area (Å²) in [5, 5.41) is 0. The summed E-state index contributed by atoms with van der Waals surface area (Å²) in [5.41, 5.74) is 0.983. The molecule has 5 nitrogen and oxygen atoms in total. The third kappa shape index (κ3) is 1.43. The van der Waals surface area contributed by atoms with Gasteiger partial charge in [0.05, 0.1) is 17.8 Å². The van der Waals surface area contributed by atoms with E-state index >= 15 is 0 Å². The summed E-state index contributed by atoms with van der Waals surface area (Å²) < 4.78 is 35.7. The Morgan fingerprint density at radius 1 is 1.57 bits per heavy atom. The lowest BCUT2D eigenvalue weighted by Crippen LogP contribution is -2.17. The molecule has 2 rings (SSSR count). The van der Waals surface area contributed by atoms with Gasteiger partial charge in [-0.05, 0) is 18.6 Å². The summed E-state index contributed by atoms with van der Waals surface area (Å²) in [4.78, 5) is -0.0440. The van der Waals surface area contributed by atoms with Crippen molar-refractivity contribution in [1.29, 1.82) is 0 Å². The standard InChI is InChI=1S/C7H8N2O3S2/c1-5-2-3-9-6(4-8-13-9)7(5)14(10,11)12/h2-4,8H,1H3,(H,10,11,12). The minimum Gasteiger partial charge on any atom is -0.316 e. The highest BCUT2D eigenvalue weighted by atomic mass is 32.2. The van der Waals surface area contributed by atoms with Crippen LogP contribution in [0.4, 0.5) is 0 Å². The summed E-state index contributed by atoms with van der Waals surface area (Å²) >= 11 is 1.24. The Bertz CT molecular complexity index is 461. The quantitative estimate of drug-likeness (QED) is 0.519. The zero-order valence-electron chi connectivity index (χ0n) is 7.26. The molecule has 0 atom stereocenters. The first-order valence-corrected chi connectivity index (χ1v) is 6.00. The van der Waals surface area contributed by atoms with Crippen molar-refractivity contribution in [2.75, 3.05) is 0 Å². The molecule has 76 valence electrons. The molecule has 2 aliphatic rings. The van der Waals surface area contributed by atoms with Gasteiger partial charge in [0.2, 0.25) is 0 Å². The molecule has 0 saturated carbocycles. The highest BCUT2D eigenvalue weighted by molar-refractivity contribution is 7.95. The summed E-state index contributed by atoms with van der Waals surface area (Å²) in [6.45, 7) is 1.64. The maximum absolute atomic E-state index is 11.1. The van der Waals surface area contributed by atoms with E-state index in [1.54, 1.807) is 29.7 Å². The van der Waals surface area contributed by atoms with Crippen molar-refractivity contribution in [3.05, 3.63) is 34.7 Å². The molecule has 0 fully saturated rings. The highest BCUT2D eigenvalue weighted by Crippen LogP contribution is 2.35. The lowest BCUT2D eigenvalue weighted by atomic mass is 10.2. The molecule has 0 bridgehead atoms. The average molecular weight is 232 g/mol. The molecule has 0 saturated heterocycles. The van der Waals surface area contributed by atoms with E-state index in [1.165, 1.54) is 12.1 Å². The van der Waals surface area contributed by atoms with Crippen LogP contribution in [-0.2, 0) is 10.1 Å². The van der Waals surface area contributed by atoms with Crippen LogP contribution in [0.25, 0.3) is 0 Å². The Labute approximate surface area is 86.2 Å². The largest absolute Gasteiger partial charge is 0.316 e. The zero-order chi connectivity index (χ0) is 10.3. The van der Waals surface area contributed by atoms with Crippen molar-refractivity contribution in [3.8, 4) is 0 Å². The fourth-order valence-corrected chi connectivity index (χ4v) is 2.92. The van der Waals surface area contributed by atoms with Crippen LogP contribution in [0.2, 0.25) is 0 Å². The first kappa shape index (κ1) is 9.63. The second kappa shape index (κ2) is 3.04. The van der Waals surface area contributed by atoms with Gasteiger partial charge < -0.3 is 4.72 Å². The Hall–Kier alpha value is -0.920. The normalized spacial score (nSPS) is 20.7. The Kier molecular flexibility index (Phi) is 2.09. The molecule has 0 aliphatic carbocycles. The molecule has 0 aromatic heterocycles. The van der Waals surface area contributed by atoms with E-state index in [0.717, 1.165) is 0 Å². The van der Waals surface area contributed by atoms with Crippen LogP contribution in [0, 0.1) is 0 Å². The molecule has 14 heavy (non-hydrogen) atoms. The van der Waals surface area contributed by atoms with E-state index < -0.39 is 10.1 Å². The van der Waals surface area contributed by atoms with Crippen molar-refractivity contribution >= 4 is 22.3 Å². The molecular weight excluding hydrogens is 224 g/mol. The smallest absolute Gasteiger partial charge is 0.296 e. The molecule has 0 radical (unpaired) electrons. The number of rotatable bonds is 1. The van der Waals surface area contributed by atoms with Crippen molar-refractivity contribution in [2.24, 2.45) is 0 Å². The number of nitrogens with zero attached hydrogens (tertiary/aromatic N) is 1. The first-order chi connectivity index (χ1) is 6.50. The van der Waals surface area contributed by atoms with E-state index in [1.807, 2.05) is 0 Å². The average Bonchev–Trinajstić information content (AvgIpc) is 2.48. The summed E-state index contributed by atoms with van der Waals surface area (Å²) in [6.07, 6.45) is 4.92. The van der Waals surface area contributed by atoms with E-state index in [9.17, 15) is 8.42 Å². The molecule has 0 unspecified atom stereocenters. The van der Waals surface area contributed by atoms with Gasteiger partial charge in [-0.2, -0.15) is 8.42 Å². The van der Waals surface area contributed by atoms with Gasteiger partial charge in [-0.25, -0.2) is 0 Å². The maximum Gasteiger partial charge on any atom is 0.296 e. The van der Waals surface area contributed by atoms with Gasteiger partial charge in [-0.1, -0.05) is 0 Å². The van der Waals surface area contributed by atoms with Gasteiger partial charge in [-0.3, -0.25) is 8.86 Å². The SMILES string of the molecule is CC1=C(S(=O)(=O)O)C2=CNSN2C=C1. The third-order valence-corrected chi connectivity index (χ3v) is 3.68. The fraction of sp³-hybridized carbons (Fsp3) is 0.143. The first-order valence-electron chi connectivity index (χ1n) is 3.79. The minimum atomic E-state index is -4.16. The van der Waals surface area contributed by atoms with Crippen LogP contribution in [-0.4, -0.2) is 17.3 Å². The summed E-state index contributed by atoms with van der Waals surface area (Å²) in [7, 11) is -4.16. The van der Waals surface area contributed by atoms with Gasteiger partial charge in [0, 0.05) is 12.4 Å². The van der Waals surface area contributed by atoms with E-state index in [4.69, 9.17) is 4.55 Å². The lowest BCUT2D eigenvalue weighted by molar-refractivity contribution is 0.489. The van der Waals surface area contributed by atoms with Crippen LogP contribution >= 0.6 is 12.1 Å². The maximum atomic E-state index is 11.1. The zero-order valence-corrected chi connectivity index (χ0v) is 8.89. The van der Waals surface area contributed by atoms with Crippen LogP contribution in [0.15, 0.2) is 34.7 Å². The van der Waals surface area contributed by atoms with Gasteiger partial charge >= 0.3 is 0 Å². The predicted octanol–water partition coefficient (Wildman–Crippen LogP) is 0.985. The second-order valence-electron chi connectivity index (χ2n) is 2.87. The highest BCUT2D eigenvalue weighted by Gasteiger charge is 2.30. The Morgan fingerprint density at radius 2 is 2.29 bits per heavy atom. The van der Waals surface area contributed by atoms with Crippen molar-refractivity contribution in [1.82, 2.24) is 9.03 Å². The molecule has 0 aromatic carbocycles. The molecule has 0 amide bonds. The monoisotopic (exact) mass is 232 g/mol.